The van der Waals surface area contributed by atoms with Gasteiger partial charge < -0.3 is 9.80 Å². The minimum absolute atomic E-state index is 0.0288. The number of allylic oxidation sites excluding steroid dienone is 2. The van der Waals surface area contributed by atoms with Gasteiger partial charge in [-0.25, -0.2) is 9.37 Å². The van der Waals surface area contributed by atoms with E-state index in [1.165, 1.54) is 12.1 Å². The molecule has 1 saturated heterocycles. The third-order valence-electron chi connectivity index (χ3n) is 4.10. The highest BCUT2D eigenvalue weighted by Gasteiger charge is 2.19. The molecule has 128 valence electrons. The third kappa shape index (κ3) is 4.53. The number of hydrogen-bond acceptors (Lipinski definition) is 3. The summed E-state index contributed by atoms with van der Waals surface area (Å²) in [5.74, 6) is 0.640. The van der Waals surface area contributed by atoms with Gasteiger partial charge in [0.05, 0.1) is 0 Å². The first-order valence-electron chi connectivity index (χ1n) is 8.28. The smallest absolute Gasteiger partial charge is 0.246 e. The van der Waals surface area contributed by atoms with Crippen molar-refractivity contribution in [2.24, 2.45) is 0 Å². The number of piperazine rings is 1. The van der Waals surface area contributed by atoms with E-state index in [9.17, 15) is 9.18 Å². The van der Waals surface area contributed by atoms with Crippen LogP contribution in [0, 0.1) is 5.82 Å². The van der Waals surface area contributed by atoms with Gasteiger partial charge in [-0.3, -0.25) is 4.79 Å². The molecule has 2 heterocycles. The fourth-order valence-corrected chi connectivity index (χ4v) is 2.71. The molecule has 0 radical (unpaired) electrons. The minimum atomic E-state index is -0.274. The van der Waals surface area contributed by atoms with Crippen molar-refractivity contribution < 1.29 is 9.18 Å². The molecular formula is C20H20FN3O. The highest BCUT2D eigenvalue weighted by Crippen LogP contribution is 2.13. The standard InChI is InChI=1S/C20H20FN3O/c21-18-9-3-1-7-17(18)8-2-4-11-20(25)24-15-13-23(14-16-24)19-10-5-6-12-22-19/h1-12H,13-16H2. The molecule has 0 spiro atoms. The van der Waals surface area contributed by atoms with Crippen molar-refractivity contribution in [3.05, 3.63) is 78.3 Å². The number of benzene rings is 1. The second-order valence-corrected chi connectivity index (χ2v) is 5.74. The molecule has 4 nitrogen and oxygen atoms in total. The molecule has 1 aliphatic heterocycles. The lowest BCUT2D eigenvalue weighted by Gasteiger charge is -2.34. The van der Waals surface area contributed by atoms with Crippen molar-refractivity contribution in [1.82, 2.24) is 9.88 Å². The third-order valence-corrected chi connectivity index (χ3v) is 4.10. The molecule has 1 fully saturated rings. The maximum absolute atomic E-state index is 13.5. The van der Waals surface area contributed by atoms with Crippen molar-refractivity contribution in [1.29, 1.82) is 0 Å². The molecule has 0 bridgehead atoms. The molecule has 2 aromatic rings. The van der Waals surface area contributed by atoms with Crippen LogP contribution in [0.1, 0.15) is 5.56 Å². The highest BCUT2D eigenvalue weighted by molar-refractivity contribution is 5.88. The van der Waals surface area contributed by atoms with Crippen LogP contribution in [0.25, 0.3) is 6.08 Å². The number of anilines is 1. The van der Waals surface area contributed by atoms with E-state index in [0.717, 1.165) is 18.9 Å². The molecule has 0 unspecified atom stereocenters. The van der Waals surface area contributed by atoms with E-state index < -0.39 is 0 Å². The molecule has 0 atom stereocenters. The molecule has 1 amide bonds. The number of amides is 1. The van der Waals surface area contributed by atoms with E-state index in [4.69, 9.17) is 0 Å². The normalized spacial score (nSPS) is 15.2. The van der Waals surface area contributed by atoms with Crippen molar-refractivity contribution in [2.45, 2.75) is 0 Å². The Morgan fingerprint density at radius 2 is 1.76 bits per heavy atom. The minimum Gasteiger partial charge on any atom is -0.353 e. The predicted octanol–water partition coefficient (Wildman–Crippen LogP) is 3.14. The summed E-state index contributed by atoms with van der Waals surface area (Å²) >= 11 is 0. The average molecular weight is 337 g/mol. The number of carbonyl (C=O) groups excluding carboxylic acids is 1. The monoisotopic (exact) mass is 337 g/mol. The van der Waals surface area contributed by atoms with Gasteiger partial charge in [0.25, 0.3) is 0 Å². The summed E-state index contributed by atoms with van der Waals surface area (Å²) < 4.78 is 13.5. The van der Waals surface area contributed by atoms with Crippen LogP contribution in [0.3, 0.4) is 0 Å². The van der Waals surface area contributed by atoms with Gasteiger partial charge in [0.15, 0.2) is 0 Å². The molecule has 1 aromatic carbocycles. The summed E-state index contributed by atoms with van der Waals surface area (Å²) in [6.07, 6.45) is 8.28. The first kappa shape index (κ1) is 16.9. The maximum Gasteiger partial charge on any atom is 0.246 e. The lowest BCUT2D eigenvalue weighted by Crippen LogP contribution is -2.48. The van der Waals surface area contributed by atoms with Crippen LogP contribution in [0.5, 0.6) is 0 Å². The fraction of sp³-hybridized carbons (Fsp3) is 0.200. The summed E-state index contributed by atoms with van der Waals surface area (Å²) in [4.78, 5) is 20.5. The predicted molar refractivity (Wildman–Crippen MR) is 97.6 cm³/mol. The largest absolute Gasteiger partial charge is 0.353 e. The summed E-state index contributed by atoms with van der Waals surface area (Å²) in [6.45, 7) is 2.86. The Kier molecular flexibility index (Phi) is 5.57. The molecule has 0 N–H and O–H groups in total. The van der Waals surface area contributed by atoms with Crippen molar-refractivity contribution in [3.8, 4) is 0 Å². The average Bonchev–Trinajstić information content (AvgIpc) is 2.67. The van der Waals surface area contributed by atoms with E-state index in [-0.39, 0.29) is 11.7 Å². The Hall–Kier alpha value is -2.95. The first-order valence-corrected chi connectivity index (χ1v) is 8.28. The van der Waals surface area contributed by atoms with Gasteiger partial charge in [0.2, 0.25) is 5.91 Å². The van der Waals surface area contributed by atoms with Gasteiger partial charge >= 0.3 is 0 Å². The quantitative estimate of drug-likeness (QED) is 0.635. The van der Waals surface area contributed by atoms with E-state index >= 15 is 0 Å². The Balaban J connectivity index is 1.50. The van der Waals surface area contributed by atoms with E-state index in [0.29, 0.717) is 18.7 Å². The number of rotatable bonds is 4. The van der Waals surface area contributed by atoms with E-state index in [1.54, 1.807) is 42.6 Å². The molecule has 0 saturated carbocycles. The van der Waals surface area contributed by atoms with Gasteiger partial charge in [-0.05, 0) is 18.2 Å². The van der Waals surface area contributed by atoms with Gasteiger partial charge in [-0.1, -0.05) is 42.5 Å². The molecule has 0 aliphatic carbocycles. The summed E-state index contributed by atoms with van der Waals surface area (Å²) in [5.41, 5.74) is 0.503. The van der Waals surface area contributed by atoms with E-state index in [2.05, 4.69) is 9.88 Å². The van der Waals surface area contributed by atoms with Crippen LogP contribution in [-0.4, -0.2) is 42.0 Å². The van der Waals surface area contributed by atoms with Crippen LogP contribution < -0.4 is 4.90 Å². The van der Waals surface area contributed by atoms with Gasteiger partial charge in [0, 0.05) is 44.0 Å². The number of pyridine rings is 1. The second kappa shape index (κ2) is 8.24. The lowest BCUT2D eigenvalue weighted by atomic mass is 10.2. The molecule has 1 aliphatic rings. The van der Waals surface area contributed by atoms with Crippen LogP contribution in [0.15, 0.2) is 66.9 Å². The van der Waals surface area contributed by atoms with Gasteiger partial charge in [0.1, 0.15) is 11.6 Å². The zero-order valence-corrected chi connectivity index (χ0v) is 13.9. The fourth-order valence-electron chi connectivity index (χ4n) is 2.71. The van der Waals surface area contributed by atoms with Gasteiger partial charge in [-0.15, -0.1) is 0 Å². The molecule has 5 heteroatoms. The summed E-state index contributed by atoms with van der Waals surface area (Å²) in [5, 5.41) is 0. The van der Waals surface area contributed by atoms with E-state index in [1.807, 2.05) is 23.1 Å². The second-order valence-electron chi connectivity index (χ2n) is 5.74. The zero-order chi connectivity index (χ0) is 17.5. The summed E-state index contributed by atoms with van der Waals surface area (Å²) in [7, 11) is 0. The van der Waals surface area contributed by atoms with Crippen molar-refractivity contribution >= 4 is 17.8 Å². The zero-order valence-electron chi connectivity index (χ0n) is 13.9. The first-order chi connectivity index (χ1) is 12.2. The van der Waals surface area contributed by atoms with Crippen molar-refractivity contribution in [3.63, 3.8) is 0 Å². The maximum atomic E-state index is 13.5. The number of hydrogen-bond donors (Lipinski definition) is 0. The van der Waals surface area contributed by atoms with Crippen LogP contribution in [0.4, 0.5) is 10.2 Å². The Morgan fingerprint density at radius 1 is 1.00 bits per heavy atom. The highest BCUT2D eigenvalue weighted by atomic mass is 19.1. The van der Waals surface area contributed by atoms with Crippen LogP contribution in [-0.2, 0) is 4.79 Å². The number of nitrogens with zero attached hydrogens (tertiary/aromatic N) is 3. The molecular weight excluding hydrogens is 317 g/mol. The molecule has 3 rings (SSSR count). The Bertz CT molecular complexity index is 766. The van der Waals surface area contributed by atoms with Gasteiger partial charge in [-0.2, -0.15) is 0 Å². The van der Waals surface area contributed by atoms with Crippen LogP contribution in [0.2, 0.25) is 0 Å². The van der Waals surface area contributed by atoms with Crippen LogP contribution >= 0.6 is 0 Å². The molecule has 1 aromatic heterocycles. The topological polar surface area (TPSA) is 36.4 Å². The Labute approximate surface area is 146 Å². The number of halogens is 1. The Morgan fingerprint density at radius 3 is 2.48 bits per heavy atom. The van der Waals surface area contributed by atoms with Crippen molar-refractivity contribution in [2.75, 3.05) is 31.1 Å². The summed E-state index contributed by atoms with van der Waals surface area (Å²) in [6, 6.07) is 12.4. The molecule has 25 heavy (non-hydrogen) atoms. The lowest BCUT2D eigenvalue weighted by molar-refractivity contribution is -0.126. The SMILES string of the molecule is O=C(C=CC=Cc1ccccc1F)N1CCN(c2ccccn2)CC1. The number of carbonyl (C=O) groups is 1. The number of aromatic nitrogens is 1.